The Morgan fingerprint density at radius 2 is 1.75 bits per heavy atom. The number of ether oxygens (including phenoxy) is 2. The average molecular weight is 452 g/mol. The van der Waals surface area contributed by atoms with E-state index in [0.29, 0.717) is 27.8 Å². The highest BCUT2D eigenvalue weighted by atomic mass is 35.5. The monoisotopic (exact) mass is 451 g/mol. The van der Waals surface area contributed by atoms with Crippen molar-refractivity contribution in [3.8, 4) is 11.5 Å². The molecule has 6 nitrogen and oxygen atoms in total. The van der Waals surface area contributed by atoms with Gasteiger partial charge in [-0.3, -0.25) is 9.59 Å². The third kappa shape index (κ3) is 3.83. The molecule has 0 unspecified atom stereocenters. The molecule has 1 atom stereocenters. The lowest BCUT2D eigenvalue weighted by Gasteiger charge is -2.23. The van der Waals surface area contributed by atoms with Crippen LogP contribution < -0.4 is 14.4 Å². The maximum absolute atomic E-state index is 13.4. The zero-order chi connectivity index (χ0) is 22.9. The maximum atomic E-state index is 13.4. The van der Waals surface area contributed by atoms with Crippen molar-refractivity contribution < 1.29 is 24.2 Å². The van der Waals surface area contributed by atoms with Gasteiger partial charge in [-0.25, -0.2) is 0 Å². The summed E-state index contributed by atoms with van der Waals surface area (Å²) in [6.45, 7) is 0.245. The van der Waals surface area contributed by atoms with Crippen molar-refractivity contribution >= 4 is 29.0 Å². The number of hydrogen-bond donors (Lipinski definition) is 1. The number of aliphatic hydroxyl groups is 1. The number of benzene rings is 3. The van der Waals surface area contributed by atoms with Crippen molar-refractivity contribution in [1.82, 2.24) is 0 Å². The molecule has 164 valence electrons. The number of carbonyl (C=O) groups is 2. The van der Waals surface area contributed by atoms with Crippen molar-refractivity contribution in [3.05, 3.63) is 88.4 Å². The first-order chi connectivity index (χ1) is 15.4. The molecule has 0 fully saturated rings. The molecule has 0 radical (unpaired) electrons. The molecule has 0 saturated heterocycles. The number of carbonyl (C=O) groups excluding carboxylic acids is 2. The fourth-order valence-corrected chi connectivity index (χ4v) is 4.09. The lowest BCUT2D eigenvalue weighted by Crippen LogP contribution is -2.41. The number of nitrogens with zero attached hydrogens (tertiary/aromatic N) is 1. The van der Waals surface area contributed by atoms with Crippen molar-refractivity contribution in [1.29, 1.82) is 0 Å². The van der Waals surface area contributed by atoms with Gasteiger partial charge in [0.05, 0.1) is 38.4 Å². The van der Waals surface area contributed by atoms with Crippen molar-refractivity contribution in [2.24, 2.45) is 0 Å². The Labute approximate surface area is 191 Å². The van der Waals surface area contributed by atoms with Gasteiger partial charge in [-0.15, -0.1) is 0 Å². The van der Waals surface area contributed by atoms with Crippen LogP contribution in [-0.4, -0.2) is 31.0 Å². The van der Waals surface area contributed by atoms with Gasteiger partial charge in [0.15, 0.2) is 11.4 Å². The van der Waals surface area contributed by atoms with E-state index in [2.05, 4.69) is 0 Å². The smallest absolute Gasteiger partial charge is 0.264 e. The molecule has 7 heteroatoms. The number of rotatable bonds is 7. The van der Waals surface area contributed by atoms with Crippen LogP contribution in [0.5, 0.6) is 11.5 Å². The quantitative estimate of drug-likeness (QED) is 0.540. The van der Waals surface area contributed by atoms with E-state index in [1.165, 1.54) is 19.1 Å². The number of Topliss-reactive ketones (excluding diaryl/α,β-unsaturated/α-hetero) is 1. The lowest BCUT2D eigenvalue weighted by atomic mass is 9.88. The van der Waals surface area contributed by atoms with Gasteiger partial charge in [0.2, 0.25) is 0 Å². The molecule has 0 aliphatic carbocycles. The number of fused-ring (bicyclic) bond motifs is 1. The number of para-hydroxylation sites is 1. The highest BCUT2D eigenvalue weighted by molar-refractivity contribution is 6.30. The van der Waals surface area contributed by atoms with Crippen LogP contribution in [-0.2, 0) is 16.9 Å². The first-order valence-electron chi connectivity index (χ1n) is 10.0. The Hall–Kier alpha value is -3.35. The molecule has 0 aromatic heterocycles. The number of anilines is 1. The Morgan fingerprint density at radius 3 is 2.44 bits per heavy atom. The zero-order valence-corrected chi connectivity index (χ0v) is 18.4. The maximum Gasteiger partial charge on any atom is 0.264 e. The Balaban J connectivity index is 1.67. The van der Waals surface area contributed by atoms with Crippen LogP contribution in [0.2, 0.25) is 5.02 Å². The first-order valence-corrected chi connectivity index (χ1v) is 10.4. The van der Waals surface area contributed by atoms with Gasteiger partial charge in [0.1, 0.15) is 11.5 Å². The molecule has 4 rings (SSSR count). The molecule has 0 bridgehead atoms. The zero-order valence-electron chi connectivity index (χ0n) is 17.7. The van der Waals surface area contributed by atoms with Crippen LogP contribution in [0.25, 0.3) is 0 Å². The standard InChI is InChI=1S/C25H22ClNO5/c1-31-18-11-12-19(23(13-18)32-2)22(28)14-25(30)20-5-3-4-6-21(20)27(24(25)29)15-16-7-9-17(26)10-8-16/h3-13,30H,14-15H2,1-2H3/t25-/m1/s1. The van der Waals surface area contributed by atoms with Gasteiger partial charge in [0, 0.05) is 16.7 Å². The molecule has 1 aliphatic heterocycles. The van der Waals surface area contributed by atoms with Gasteiger partial charge < -0.3 is 19.5 Å². The fourth-order valence-electron chi connectivity index (χ4n) is 3.96. The van der Waals surface area contributed by atoms with Gasteiger partial charge in [-0.2, -0.15) is 0 Å². The third-order valence-corrected chi connectivity index (χ3v) is 5.87. The van der Waals surface area contributed by atoms with E-state index >= 15 is 0 Å². The van der Waals surface area contributed by atoms with E-state index < -0.39 is 23.7 Å². The van der Waals surface area contributed by atoms with Crippen molar-refractivity contribution in [3.63, 3.8) is 0 Å². The Kier molecular flexibility index (Phi) is 5.91. The molecule has 1 N–H and O–H groups in total. The molecule has 1 aliphatic rings. The van der Waals surface area contributed by atoms with Gasteiger partial charge in [-0.1, -0.05) is 41.9 Å². The number of methoxy groups -OCH3 is 2. The summed E-state index contributed by atoms with van der Waals surface area (Å²) in [5.41, 5.74) is 0.114. The van der Waals surface area contributed by atoms with Gasteiger partial charge >= 0.3 is 0 Å². The first kappa shape index (κ1) is 21.9. The Bertz CT molecular complexity index is 1180. The molecule has 3 aromatic rings. The van der Waals surface area contributed by atoms with Crippen LogP contribution >= 0.6 is 11.6 Å². The summed E-state index contributed by atoms with van der Waals surface area (Å²) < 4.78 is 10.5. The molecule has 1 amide bonds. The molecular weight excluding hydrogens is 430 g/mol. The second kappa shape index (κ2) is 8.65. The third-order valence-electron chi connectivity index (χ3n) is 5.62. The van der Waals surface area contributed by atoms with E-state index in [1.54, 1.807) is 54.6 Å². The number of amides is 1. The largest absolute Gasteiger partial charge is 0.497 e. The highest BCUT2D eigenvalue weighted by Gasteiger charge is 2.51. The number of hydrogen-bond acceptors (Lipinski definition) is 5. The summed E-state index contributed by atoms with van der Waals surface area (Å²) in [5, 5.41) is 12.1. The second-order valence-electron chi connectivity index (χ2n) is 7.56. The average Bonchev–Trinajstić information content (AvgIpc) is 3.01. The van der Waals surface area contributed by atoms with E-state index in [1.807, 2.05) is 12.1 Å². The number of halogens is 1. The summed E-state index contributed by atoms with van der Waals surface area (Å²) in [6.07, 6.45) is -0.414. The highest BCUT2D eigenvalue weighted by Crippen LogP contribution is 2.44. The van der Waals surface area contributed by atoms with Crippen LogP contribution in [0, 0.1) is 0 Å². The van der Waals surface area contributed by atoms with E-state index in [9.17, 15) is 14.7 Å². The van der Waals surface area contributed by atoms with Crippen LogP contribution in [0.4, 0.5) is 5.69 Å². The topological polar surface area (TPSA) is 76.1 Å². The predicted molar refractivity (Wildman–Crippen MR) is 121 cm³/mol. The molecule has 0 spiro atoms. The molecule has 1 heterocycles. The molecule has 32 heavy (non-hydrogen) atoms. The molecule has 3 aromatic carbocycles. The Morgan fingerprint density at radius 1 is 1.03 bits per heavy atom. The second-order valence-corrected chi connectivity index (χ2v) is 8.00. The minimum atomic E-state index is -1.98. The number of ketones is 1. The van der Waals surface area contributed by atoms with E-state index in [-0.39, 0.29) is 12.1 Å². The van der Waals surface area contributed by atoms with Crippen LogP contribution in [0.1, 0.15) is 27.9 Å². The summed E-state index contributed by atoms with van der Waals surface area (Å²) in [4.78, 5) is 28.1. The fraction of sp³-hybridized carbons (Fsp3) is 0.200. The van der Waals surface area contributed by atoms with Gasteiger partial charge in [0.25, 0.3) is 5.91 Å². The summed E-state index contributed by atoms with van der Waals surface area (Å²) >= 11 is 5.97. The minimum absolute atomic E-state index is 0.245. The normalized spacial score (nSPS) is 17.2. The van der Waals surface area contributed by atoms with Crippen molar-refractivity contribution in [2.45, 2.75) is 18.6 Å². The lowest BCUT2D eigenvalue weighted by molar-refractivity contribution is -0.136. The van der Waals surface area contributed by atoms with Gasteiger partial charge in [-0.05, 0) is 35.9 Å². The van der Waals surface area contributed by atoms with Crippen LogP contribution in [0.15, 0.2) is 66.7 Å². The SMILES string of the molecule is COc1ccc(C(=O)C[C@]2(O)C(=O)N(Cc3ccc(Cl)cc3)c3ccccc32)c(OC)c1. The predicted octanol–water partition coefficient (Wildman–Crippen LogP) is 4.36. The molecular formula is C25H22ClNO5. The van der Waals surface area contributed by atoms with Crippen LogP contribution in [0.3, 0.4) is 0 Å². The van der Waals surface area contributed by atoms with E-state index in [4.69, 9.17) is 21.1 Å². The summed E-state index contributed by atoms with van der Waals surface area (Å²) in [5.74, 6) is -0.110. The summed E-state index contributed by atoms with van der Waals surface area (Å²) in [6, 6.07) is 18.9. The van der Waals surface area contributed by atoms with E-state index in [0.717, 1.165) is 5.56 Å². The van der Waals surface area contributed by atoms with Crippen molar-refractivity contribution in [2.75, 3.05) is 19.1 Å². The minimum Gasteiger partial charge on any atom is -0.497 e. The molecule has 0 saturated carbocycles. The summed E-state index contributed by atoms with van der Waals surface area (Å²) in [7, 11) is 2.96.